The molecule has 0 aliphatic carbocycles. The Morgan fingerprint density at radius 2 is 1.88 bits per heavy atom. The summed E-state index contributed by atoms with van der Waals surface area (Å²) in [5.74, 6) is 0.664. The van der Waals surface area contributed by atoms with Crippen molar-refractivity contribution < 1.29 is 13.6 Å². The second kappa shape index (κ2) is 7.09. The number of aromatic nitrogens is 1. The van der Waals surface area contributed by atoms with Crippen molar-refractivity contribution in [2.45, 2.75) is 13.0 Å². The smallest absolute Gasteiger partial charge is 0.224 e. The molecule has 4 aromatic rings. The van der Waals surface area contributed by atoms with E-state index in [0.29, 0.717) is 17.1 Å². The van der Waals surface area contributed by atoms with Gasteiger partial charge in [-0.05, 0) is 35.9 Å². The number of halogens is 1. The van der Waals surface area contributed by atoms with Gasteiger partial charge in [-0.25, -0.2) is 9.37 Å². The molecule has 0 bridgehead atoms. The van der Waals surface area contributed by atoms with Crippen molar-refractivity contribution in [2.75, 3.05) is 0 Å². The lowest BCUT2D eigenvalue weighted by molar-refractivity contribution is -0.120. The lowest BCUT2D eigenvalue weighted by atomic mass is 10.1. The van der Waals surface area contributed by atoms with E-state index in [0.717, 1.165) is 15.2 Å². The molecule has 0 aliphatic rings. The summed E-state index contributed by atoms with van der Waals surface area (Å²) in [6.45, 7) is 0.248. The summed E-state index contributed by atoms with van der Waals surface area (Å²) in [7, 11) is 0. The van der Waals surface area contributed by atoms with Gasteiger partial charge < -0.3 is 9.73 Å². The van der Waals surface area contributed by atoms with E-state index in [4.69, 9.17) is 4.42 Å². The molecular formula is C20H15FN2O2S. The zero-order chi connectivity index (χ0) is 17.9. The van der Waals surface area contributed by atoms with Crippen molar-refractivity contribution in [3.63, 3.8) is 0 Å². The number of hydrogen-bond acceptors (Lipinski definition) is 4. The van der Waals surface area contributed by atoms with Crippen molar-refractivity contribution in [1.29, 1.82) is 0 Å². The number of fused-ring (bicyclic) bond motifs is 1. The van der Waals surface area contributed by atoms with Gasteiger partial charge in [0.15, 0.2) is 10.8 Å². The SMILES string of the molecule is O=C(Cc1ccccc1F)NCc1ccc(-c2nc3ccccc3s2)o1. The molecule has 2 aromatic carbocycles. The average Bonchev–Trinajstić information content (AvgIpc) is 3.28. The summed E-state index contributed by atoms with van der Waals surface area (Å²) in [5.41, 5.74) is 1.31. The maximum atomic E-state index is 13.6. The first-order valence-corrected chi connectivity index (χ1v) is 8.95. The zero-order valence-electron chi connectivity index (χ0n) is 13.7. The molecule has 0 saturated heterocycles. The molecule has 130 valence electrons. The predicted molar refractivity (Wildman–Crippen MR) is 99.3 cm³/mol. The molecule has 0 radical (unpaired) electrons. The minimum atomic E-state index is -0.376. The number of para-hydroxylation sites is 1. The van der Waals surface area contributed by atoms with Crippen LogP contribution in [0.4, 0.5) is 4.39 Å². The highest BCUT2D eigenvalue weighted by Crippen LogP contribution is 2.31. The van der Waals surface area contributed by atoms with Gasteiger partial charge in [0.1, 0.15) is 11.6 Å². The highest BCUT2D eigenvalue weighted by atomic mass is 32.1. The molecule has 4 nitrogen and oxygen atoms in total. The first-order valence-electron chi connectivity index (χ1n) is 8.14. The van der Waals surface area contributed by atoms with Crippen molar-refractivity contribution in [2.24, 2.45) is 0 Å². The Hall–Kier alpha value is -2.99. The minimum absolute atomic E-state index is 0.00188. The van der Waals surface area contributed by atoms with E-state index < -0.39 is 0 Å². The van der Waals surface area contributed by atoms with Crippen molar-refractivity contribution in [1.82, 2.24) is 10.3 Å². The molecule has 4 rings (SSSR count). The third-order valence-electron chi connectivity index (χ3n) is 3.93. The van der Waals surface area contributed by atoms with Crippen LogP contribution in [-0.2, 0) is 17.8 Å². The summed E-state index contributed by atoms with van der Waals surface area (Å²) in [4.78, 5) is 16.6. The van der Waals surface area contributed by atoms with Gasteiger partial charge in [-0.3, -0.25) is 4.79 Å². The van der Waals surface area contributed by atoms with Crippen LogP contribution >= 0.6 is 11.3 Å². The number of furan rings is 1. The molecule has 26 heavy (non-hydrogen) atoms. The number of hydrogen-bond donors (Lipinski definition) is 1. The normalized spacial score (nSPS) is 11.0. The zero-order valence-corrected chi connectivity index (χ0v) is 14.6. The fourth-order valence-corrected chi connectivity index (χ4v) is 3.56. The molecule has 2 heterocycles. The quantitative estimate of drug-likeness (QED) is 0.564. The van der Waals surface area contributed by atoms with Crippen LogP contribution in [-0.4, -0.2) is 10.9 Å². The first-order chi connectivity index (χ1) is 12.7. The van der Waals surface area contributed by atoms with Crippen LogP contribution in [0.15, 0.2) is 65.1 Å². The lowest BCUT2D eigenvalue weighted by Gasteiger charge is -2.04. The van der Waals surface area contributed by atoms with Crippen molar-refractivity contribution in [3.8, 4) is 10.8 Å². The number of benzene rings is 2. The fourth-order valence-electron chi connectivity index (χ4n) is 2.63. The van der Waals surface area contributed by atoms with E-state index in [1.54, 1.807) is 29.5 Å². The van der Waals surface area contributed by atoms with Crippen molar-refractivity contribution in [3.05, 3.63) is 77.8 Å². The maximum absolute atomic E-state index is 13.6. The predicted octanol–water partition coefficient (Wildman–Crippen LogP) is 4.55. The van der Waals surface area contributed by atoms with Crippen LogP contribution in [0, 0.1) is 5.82 Å². The summed E-state index contributed by atoms with van der Waals surface area (Å²) >= 11 is 1.56. The van der Waals surface area contributed by atoms with E-state index >= 15 is 0 Å². The summed E-state index contributed by atoms with van der Waals surface area (Å²) in [5, 5.41) is 3.55. The van der Waals surface area contributed by atoms with Crippen LogP contribution in [0.1, 0.15) is 11.3 Å². The second-order valence-electron chi connectivity index (χ2n) is 5.80. The fraction of sp³-hybridized carbons (Fsp3) is 0.100. The number of thiazole rings is 1. The van der Waals surface area contributed by atoms with E-state index in [9.17, 15) is 9.18 Å². The van der Waals surface area contributed by atoms with Crippen molar-refractivity contribution >= 4 is 27.5 Å². The summed E-state index contributed by atoms with van der Waals surface area (Å²) < 4.78 is 20.5. The molecule has 0 spiro atoms. The van der Waals surface area contributed by atoms with E-state index in [1.165, 1.54) is 6.07 Å². The number of carbonyl (C=O) groups excluding carboxylic acids is 1. The molecule has 1 amide bonds. The van der Waals surface area contributed by atoms with Crippen LogP contribution in [0.5, 0.6) is 0 Å². The Bertz CT molecular complexity index is 1040. The van der Waals surface area contributed by atoms with Gasteiger partial charge in [0.25, 0.3) is 0 Å². The third-order valence-corrected chi connectivity index (χ3v) is 4.99. The van der Waals surface area contributed by atoms with Crippen LogP contribution in [0.2, 0.25) is 0 Å². The molecule has 0 unspecified atom stereocenters. The number of amides is 1. The Labute approximate surface area is 153 Å². The molecule has 6 heteroatoms. The number of nitrogens with one attached hydrogen (secondary N) is 1. The van der Waals surface area contributed by atoms with Gasteiger partial charge in [-0.1, -0.05) is 30.3 Å². The summed E-state index contributed by atoms with van der Waals surface area (Å²) in [6, 6.07) is 17.8. The average molecular weight is 366 g/mol. The minimum Gasteiger partial charge on any atom is -0.457 e. The van der Waals surface area contributed by atoms with E-state index in [2.05, 4.69) is 10.3 Å². The first kappa shape index (κ1) is 16.5. The number of carbonyl (C=O) groups is 1. The molecule has 0 aliphatic heterocycles. The molecule has 1 N–H and O–H groups in total. The van der Waals surface area contributed by atoms with Gasteiger partial charge in [0.05, 0.1) is 23.2 Å². The largest absolute Gasteiger partial charge is 0.457 e. The van der Waals surface area contributed by atoms with Gasteiger partial charge in [0, 0.05) is 0 Å². The number of rotatable bonds is 5. The van der Waals surface area contributed by atoms with Crippen LogP contribution in [0.25, 0.3) is 21.0 Å². The van der Waals surface area contributed by atoms with Gasteiger partial charge in [0.2, 0.25) is 5.91 Å². The molecular weight excluding hydrogens is 351 g/mol. The highest BCUT2D eigenvalue weighted by Gasteiger charge is 2.12. The molecule has 2 aromatic heterocycles. The van der Waals surface area contributed by atoms with E-state index in [-0.39, 0.29) is 24.7 Å². The Morgan fingerprint density at radius 1 is 1.08 bits per heavy atom. The van der Waals surface area contributed by atoms with E-state index in [1.807, 2.05) is 36.4 Å². The molecule has 0 atom stereocenters. The lowest BCUT2D eigenvalue weighted by Crippen LogP contribution is -2.24. The van der Waals surface area contributed by atoms with Crippen LogP contribution < -0.4 is 5.32 Å². The highest BCUT2D eigenvalue weighted by molar-refractivity contribution is 7.21. The van der Waals surface area contributed by atoms with Gasteiger partial charge in [-0.2, -0.15) is 0 Å². The third kappa shape index (κ3) is 3.50. The molecule has 0 fully saturated rings. The number of nitrogens with zero attached hydrogens (tertiary/aromatic N) is 1. The molecule has 0 saturated carbocycles. The Balaban J connectivity index is 1.40. The topological polar surface area (TPSA) is 55.1 Å². The maximum Gasteiger partial charge on any atom is 0.224 e. The van der Waals surface area contributed by atoms with Crippen LogP contribution in [0.3, 0.4) is 0 Å². The Morgan fingerprint density at radius 3 is 2.73 bits per heavy atom. The second-order valence-corrected chi connectivity index (χ2v) is 6.83. The van der Waals surface area contributed by atoms with Gasteiger partial charge >= 0.3 is 0 Å². The monoisotopic (exact) mass is 366 g/mol. The summed E-state index contributed by atoms with van der Waals surface area (Å²) in [6.07, 6.45) is -0.00188. The van der Waals surface area contributed by atoms with Gasteiger partial charge in [-0.15, -0.1) is 11.3 Å². The Kier molecular flexibility index (Phi) is 4.50. The standard InChI is InChI=1S/C20H15FN2O2S/c21-15-6-2-1-5-13(15)11-19(24)22-12-14-9-10-17(25-14)20-23-16-7-3-4-8-18(16)26-20/h1-10H,11-12H2,(H,22,24).